The maximum atomic E-state index is 4.73. The molecule has 3 heterocycles. The fourth-order valence-electron chi connectivity index (χ4n) is 1.85. The smallest absolute Gasteiger partial charge is 0.146 e. The first-order valence-corrected chi connectivity index (χ1v) is 7.19. The van der Waals surface area contributed by atoms with Crippen LogP contribution in [0.5, 0.6) is 0 Å². The van der Waals surface area contributed by atoms with Crippen LogP contribution in [0.1, 0.15) is 23.6 Å². The Morgan fingerprint density at radius 3 is 1.71 bits per heavy atom. The molecule has 4 heteroatoms. The molecule has 0 bridgehead atoms. The average Bonchev–Trinajstić information content (AvgIpc) is 2.93. The molecule has 0 aliphatic carbocycles. The number of nitrogens with zero attached hydrogens (tertiary/aromatic N) is 2. The summed E-state index contributed by atoms with van der Waals surface area (Å²) in [6.45, 7) is 4.09. The molecule has 0 saturated heterocycles. The molecule has 1 aliphatic heterocycles. The molecule has 3 rings (SSSR count). The van der Waals surface area contributed by atoms with Crippen LogP contribution < -0.4 is 0 Å². The highest BCUT2D eigenvalue weighted by Gasteiger charge is 2.29. The van der Waals surface area contributed by atoms with Crippen molar-refractivity contribution in [2.24, 2.45) is 9.98 Å². The quantitative estimate of drug-likeness (QED) is 0.784. The Morgan fingerprint density at radius 1 is 0.882 bits per heavy atom. The van der Waals surface area contributed by atoms with Gasteiger partial charge < -0.3 is 0 Å². The summed E-state index contributed by atoms with van der Waals surface area (Å²) >= 11 is 3.43. The summed E-state index contributed by atoms with van der Waals surface area (Å²) in [6.07, 6.45) is 0. The summed E-state index contributed by atoms with van der Waals surface area (Å²) in [5.74, 6) is 0. The molecule has 0 aromatic carbocycles. The van der Waals surface area contributed by atoms with Crippen LogP contribution in [-0.4, -0.2) is 17.1 Å². The van der Waals surface area contributed by atoms with Gasteiger partial charge in [-0.25, -0.2) is 0 Å². The van der Waals surface area contributed by atoms with Gasteiger partial charge in [-0.3, -0.25) is 9.98 Å². The minimum Gasteiger partial charge on any atom is -0.252 e. The summed E-state index contributed by atoms with van der Waals surface area (Å²) < 4.78 is 0. The van der Waals surface area contributed by atoms with Crippen molar-refractivity contribution in [3.8, 4) is 0 Å². The van der Waals surface area contributed by atoms with Gasteiger partial charge in [0.2, 0.25) is 0 Å². The highest BCUT2D eigenvalue weighted by Crippen LogP contribution is 2.28. The van der Waals surface area contributed by atoms with Crippen molar-refractivity contribution in [1.29, 1.82) is 0 Å². The zero-order valence-electron chi connectivity index (χ0n) is 9.68. The maximum absolute atomic E-state index is 4.73. The van der Waals surface area contributed by atoms with Crippen LogP contribution in [-0.2, 0) is 0 Å². The van der Waals surface area contributed by atoms with Gasteiger partial charge in [-0.1, -0.05) is 12.1 Å². The van der Waals surface area contributed by atoms with Gasteiger partial charge in [-0.15, -0.1) is 22.7 Å². The number of hydrogen-bond donors (Lipinski definition) is 0. The van der Waals surface area contributed by atoms with E-state index >= 15 is 0 Å². The van der Waals surface area contributed by atoms with E-state index in [4.69, 9.17) is 9.98 Å². The van der Waals surface area contributed by atoms with E-state index in [1.165, 1.54) is 9.75 Å². The van der Waals surface area contributed by atoms with Crippen molar-refractivity contribution in [2.75, 3.05) is 0 Å². The summed E-state index contributed by atoms with van der Waals surface area (Å²) in [5.41, 5.74) is 1.73. The van der Waals surface area contributed by atoms with Gasteiger partial charge in [0.1, 0.15) is 17.1 Å². The second-order valence-corrected chi connectivity index (χ2v) is 6.27. The monoisotopic (exact) mass is 260 g/mol. The minimum absolute atomic E-state index is 0.335. The minimum atomic E-state index is -0.335. The molecule has 0 saturated carbocycles. The predicted molar refractivity (Wildman–Crippen MR) is 75.8 cm³/mol. The molecule has 2 aromatic rings. The first-order valence-electron chi connectivity index (χ1n) is 5.43. The van der Waals surface area contributed by atoms with E-state index in [2.05, 4.69) is 35.0 Å². The van der Waals surface area contributed by atoms with E-state index in [-0.39, 0.29) is 5.66 Å². The normalized spacial score (nSPS) is 18.0. The second kappa shape index (κ2) is 3.89. The van der Waals surface area contributed by atoms with Gasteiger partial charge in [0, 0.05) is 0 Å². The third-order valence-corrected chi connectivity index (χ3v) is 4.26. The van der Waals surface area contributed by atoms with E-state index in [9.17, 15) is 0 Å². The van der Waals surface area contributed by atoms with Gasteiger partial charge in [-0.2, -0.15) is 0 Å². The fourth-order valence-corrected chi connectivity index (χ4v) is 3.28. The lowest BCUT2D eigenvalue weighted by Gasteiger charge is -2.07. The largest absolute Gasteiger partial charge is 0.252 e. The number of rotatable bonds is 2. The molecular formula is C13H12N2S2. The van der Waals surface area contributed by atoms with E-state index in [1.807, 2.05) is 13.8 Å². The lowest BCUT2D eigenvalue weighted by Crippen LogP contribution is -2.10. The summed E-state index contributed by atoms with van der Waals surface area (Å²) in [7, 11) is 0. The van der Waals surface area contributed by atoms with Crippen LogP contribution in [0.3, 0.4) is 0 Å². The van der Waals surface area contributed by atoms with Gasteiger partial charge in [0.15, 0.2) is 0 Å². The first-order chi connectivity index (χ1) is 8.16. The number of hydrogen-bond acceptors (Lipinski definition) is 4. The van der Waals surface area contributed by atoms with E-state index in [0.717, 1.165) is 11.4 Å². The Hall–Kier alpha value is -1.26. The summed E-state index contributed by atoms with van der Waals surface area (Å²) in [4.78, 5) is 11.9. The highest BCUT2D eigenvalue weighted by molar-refractivity contribution is 7.15. The molecule has 17 heavy (non-hydrogen) atoms. The molecule has 0 N–H and O–H groups in total. The molecular weight excluding hydrogens is 248 g/mol. The van der Waals surface area contributed by atoms with Crippen LogP contribution in [0.2, 0.25) is 0 Å². The van der Waals surface area contributed by atoms with Crippen molar-refractivity contribution in [3.63, 3.8) is 0 Å². The van der Waals surface area contributed by atoms with Crippen LogP contribution in [0, 0.1) is 0 Å². The van der Waals surface area contributed by atoms with Crippen LogP contribution in [0.4, 0.5) is 0 Å². The second-order valence-electron chi connectivity index (χ2n) is 4.37. The maximum Gasteiger partial charge on any atom is 0.146 e. The van der Waals surface area contributed by atoms with E-state index < -0.39 is 0 Å². The zero-order valence-corrected chi connectivity index (χ0v) is 11.3. The molecule has 0 atom stereocenters. The lowest BCUT2D eigenvalue weighted by atomic mass is 10.2. The Kier molecular flexibility index (Phi) is 2.49. The average molecular weight is 260 g/mol. The number of aliphatic imine (C=N–C) groups is 2. The standard InChI is InChI=1S/C13H12N2S2/c1-13(2)14-11(9-5-3-7-16-9)12(15-13)10-6-4-8-17-10/h3-8H,1-2H3. The molecule has 2 aromatic heterocycles. The van der Waals surface area contributed by atoms with Gasteiger partial charge in [0.25, 0.3) is 0 Å². The van der Waals surface area contributed by atoms with Crippen molar-refractivity contribution >= 4 is 34.1 Å². The molecule has 86 valence electrons. The topological polar surface area (TPSA) is 24.7 Å². The Labute approximate surface area is 108 Å². The van der Waals surface area contributed by atoms with Crippen molar-refractivity contribution in [2.45, 2.75) is 19.5 Å². The Morgan fingerprint density at radius 2 is 1.35 bits per heavy atom. The fraction of sp³-hybridized carbons (Fsp3) is 0.231. The van der Waals surface area contributed by atoms with Crippen LogP contribution in [0.15, 0.2) is 45.0 Å². The Bertz CT molecular complexity index is 523. The highest BCUT2D eigenvalue weighted by atomic mass is 32.1. The van der Waals surface area contributed by atoms with Crippen molar-refractivity contribution in [3.05, 3.63) is 44.8 Å². The molecule has 1 aliphatic rings. The summed E-state index contributed by atoms with van der Waals surface area (Å²) in [6, 6.07) is 8.32. The third kappa shape index (κ3) is 1.98. The van der Waals surface area contributed by atoms with Crippen LogP contribution >= 0.6 is 22.7 Å². The number of thiophene rings is 2. The first kappa shape index (κ1) is 10.9. The lowest BCUT2D eigenvalue weighted by molar-refractivity contribution is 0.567. The molecule has 0 amide bonds. The third-order valence-electron chi connectivity index (χ3n) is 2.50. The van der Waals surface area contributed by atoms with Crippen molar-refractivity contribution in [1.82, 2.24) is 0 Å². The molecule has 0 spiro atoms. The molecule has 0 radical (unpaired) electrons. The van der Waals surface area contributed by atoms with Gasteiger partial charge in [-0.05, 0) is 36.7 Å². The SMILES string of the molecule is CC1(C)N=C(c2cccs2)C(c2cccs2)=N1. The van der Waals surface area contributed by atoms with Gasteiger partial charge >= 0.3 is 0 Å². The molecule has 2 nitrogen and oxygen atoms in total. The molecule has 0 unspecified atom stereocenters. The van der Waals surface area contributed by atoms with Crippen LogP contribution in [0.25, 0.3) is 0 Å². The van der Waals surface area contributed by atoms with E-state index in [0.29, 0.717) is 0 Å². The summed E-state index contributed by atoms with van der Waals surface area (Å²) in [5, 5.41) is 4.16. The van der Waals surface area contributed by atoms with Crippen molar-refractivity contribution < 1.29 is 0 Å². The zero-order chi connectivity index (χ0) is 11.9. The Balaban J connectivity index is 2.11. The molecule has 0 fully saturated rings. The van der Waals surface area contributed by atoms with E-state index in [1.54, 1.807) is 22.7 Å². The predicted octanol–water partition coefficient (Wildman–Crippen LogP) is 3.84. The van der Waals surface area contributed by atoms with Gasteiger partial charge in [0.05, 0.1) is 9.75 Å².